The minimum absolute atomic E-state index is 0.0266. The molecule has 1 atom stereocenters. The van der Waals surface area contributed by atoms with Crippen molar-refractivity contribution in [3.8, 4) is 0 Å². The Balaban J connectivity index is 0.000000165. The molecule has 0 amide bonds. The van der Waals surface area contributed by atoms with Gasteiger partial charge in [0.05, 0.1) is 13.2 Å². The maximum atomic E-state index is 10.7. The summed E-state index contributed by atoms with van der Waals surface area (Å²) in [6.45, 7) is 2.92. The minimum atomic E-state index is -0.132. The van der Waals surface area contributed by atoms with Crippen molar-refractivity contribution in [2.24, 2.45) is 0 Å². The fraction of sp³-hybridized carbons (Fsp3) is 0.909. The lowest BCUT2D eigenvalue weighted by Crippen LogP contribution is -2.31. The van der Waals surface area contributed by atoms with E-state index in [1.165, 1.54) is 7.11 Å². The third-order valence-electron chi connectivity index (χ3n) is 2.85. The molecule has 16 heavy (non-hydrogen) atoms. The summed E-state index contributed by atoms with van der Waals surface area (Å²) >= 11 is 0. The average Bonchev–Trinajstić information content (AvgIpc) is 2.83. The van der Waals surface area contributed by atoms with Crippen LogP contribution >= 0.6 is 0 Å². The van der Waals surface area contributed by atoms with E-state index in [9.17, 15) is 4.79 Å². The van der Waals surface area contributed by atoms with Crippen molar-refractivity contribution in [1.29, 1.82) is 0 Å². The summed E-state index contributed by atoms with van der Waals surface area (Å²) in [5, 5.41) is 15.1. The third-order valence-corrected chi connectivity index (χ3v) is 2.85. The van der Waals surface area contributed by atoms with Crippen LogP contribution in [0.4, 0.5) is 0 Å². The lowest BCUT2D eigenvalue weighted by molar-refractivity contribution is -0.142. The second-order valence-corrected chi connectivity index (χ2v) is 4.15. The number of methoxy groups -OCH3 is 1. The third kappa shape index (κ3) is 4.92. The van der Waals surface area contributed by atoms with Crippen molar-refractivity contribution in [1.82, 2.24) is 10.6 Å². The maximum Gasteiger partial charge on any atom is 0.322 e. The Kier molecular flexibility index (Phi) is 6.37. The molecule has 1 unspecified atom stereocenters. The van der Waals surface area contributed by atoms with Crippen molar-refractivity contribution < 1.29 is 14.6 Å². The molecule has 2 aliphatic heterocycles. The molecule has 0 spiro atoms. The molecule has 2 aliphatic rings. The first-order valence-electron chi connectivity index (χ1n) is 5.94. The van der Waals surface area contributed by atoms with Crippen molar-refractivity contribution in [3.63, 3.8) is 0 Å². The SMILES string of the molecule is COC(=O)C1CCCN1.OC1CCNCC1. The predicted molar refractivity (Wildman–Crippen MR) is 61.2 cm³/mol. The van der Waals surface area contributed by atoms with Crippen LogP contribution in [0.25, 0.3) is 0 Å². The van der Waals surface area contributed by atoms with E-state index >= 15 is 0 Å². The zero-order valence-electron chi connectivity index (χ0n) is 9.87. The molecule has 0 bridgehead atoms. The van der Waals surface area contributed by atoms with Crippen molar-refractivity contribution in [2.45, 2.75) is 37.8 Å². The summed E-state index contributed by atoms with van der Waals surface area (Å²) in [7, 11) is 1.42. The van der Waals surface area contributed by atoms with Gasteiger partial charge < -0.3 is 20.5 Å². The van der Waals surface area contributed by atoms with Crippen molar-refractivity contribution >= 4 is 5.97 Å². The summed E-state index contributed by atoms with van der Waals surface area (Å²) < 4.78 is 4.53. The lowest BCUT2D eigenvalue weighted by Gasteiger charge is -2.16. The Morgan fingerprint density at radius 1 is 1.25 bits per heavy atom. The molecule has 0 aliphatic carbocycles. The van der Waals surface area contributed by atoms with Crippen LogP contribution in [-0.4, -0.2) is 50.0 Å². The van der Waals surface area contributed by atoms with Gasteiger partial charge in [-0.25, -0.2) is 0 Å². The number of carbonyl (C=O) groups excluding carboxylic acids is 1. The molecule has 5 nitrogen and oxygen atoms in total. The monoisotopic (exact) mass is 230 g/mol. The number of ether oxygens (including phenoxy) is 1. The predicted octanol–water partition coefficient (Wildman–Crippen LogP) is -0.358. The van der Waals surface area contributed by atoms with Gasteiger partial charge in [0, 0.05) is 0 Å². The van der Waals surface area contributed by atoms with Crippen LogP contribution in [-0.2, 0) is 9.53 Å². The number of rotatable bonds is 1. The Labute approximate surface area is 96.6 Å². The van der Waals surface area contributed by atoms with E-state index in [0.717, 1.165) is 45.3 Å². The van der Waals surface area contributed by atoms with Gasteiger partial charge in [-0.1, -0.05) is 0 Å². The van der Waals surface area contributed by atoms with E-state index in [2.05, 4.69) is 15.4 Å². The largest absolute Gasteiger partial charge is 0.468 e. The van der Waals surface area contributed by atoms with Crippen LogP contribution in [0.2, 0.25) is 0 Å². The van der Waals surface area contributed by atoms with Gasteiger partial charge in [0.2, 0.25) is 0 Å². The number of carbonyl (C=O) groups is 1. The van der Waals surface area contributed by atoms with Crippen LogP contribution in [0.1, 0.15) is 25.7 Å². The van der Waals surface area contributed by atoms with Crippen molar-refractivity contribution in [3.05, 3.63) is 0 Å². The highest BCUT2D eigenvalue weighted by atomic mass is 16.5. The number of esters is 1. The number of piperidine rings is 1. The average molecular weight is 230 g/mol. The minimum Gasteiger partial charge on any atom is -0.468 e. The van der Waals surface area contributed by atoms with Crippen LogP contribution in [0.15, 0.2) is 0 Å². The summed E-state index contributed by atoms with van der Waals surface area (Å²) in [6, 6.07) is -0.0324. The number of aliphatic hydroxyl groups excluding tert-OH is 1. The summed E-state index contributed by atoms with van der Waals surface area (Å²) in [4.78, 5) is 10.7. The van der Waals surface area contributed by atoms with Gasteiger partial charge >= 0.3 is 5.97 Å². The molecular formula is C11H22N2O3. The van der Waals surface area contributed by atoms with Gasteiger partial charge in [0.1, 0.15) is 6.04 Å². The molecule has 0 saturated carbocycles. The molecular weight excluding hydrogens is 208 g/mol. The summed E-state index contributed by atoms with van der Waals surface area (Å²) in [5.74, 6) is -0.132. The Morgan fingerprint density at radius 3 is 2.31 bits per heavy atom. The highest BCUT2D eigenvalue weighted by Crippen LogP contribution is 2.05. The molecule has 2 rings (SSSR count). The molecule has 2 saturated heterocycles. The molecule has 0 aromatic rings. The Hall–Kier alpha value is -0.650. The van der Waals surface area contributed by atoms with Crippen LogP contribution < -0.4 is 10.6 Å². The fourth-order valence-corrected chi connectivity index (χ4v) is 1.83. The van der Waals surface area contributed by atoms with E-state index < -0.39 is 0 Å². The van der Waals surface area contributed by atoms with Gasteiger partial charge in [-0.05, 0) is 45.3 Å². The topological polar surface area (TPSA) is 70.6 Å². The zero-order chi connectivity index (χ0) is 11.8. The van der Waals surface area contributed by atoms with Gasteiger partial charge in [0.15, 0.2) is 0 Å². The van der Waals surface area contributed by atoms with Gasteiger partial charge in [-0.15, -0.1) is 0 Å². The molecule has 0 radical (unpaired) electrons. The highest BCUT2D eigenvalue weighted by Gasteiger charge is 2.21. The van der Waals surface area contributed by atoms with Gasteiger partial charge in [-0.3, -0.25) is 4.79 Å². The Morgan fingerprint density at radius 2 is 1.94 bits per heavy atom. The summed E-state index contributed by atoms with van der Waals surface area (Å²) in [6.07, 6.45) is 3.84. The van der Waals surface area contributed by atoms with Gasteiger partial charge in [0.25, 0.3) is 0 Å². The van der Waals surface area contributed by atoms with E-state index in [4.69, 9.17) is 5.11 Å². The second kappa shape index (κ2) is 7.60. The molecule has 0 aromatic heterocycles. The van der Waals surface area contributed by atoms with E-state index in [1.807, 2.05) is 0 Å². The van der Waals surface area contributed by atoms with Crippen LogP contribution in [0, 0.1) is 0 Å². The highest BCUT2D eigenvalue weighted by molar-refractivity contribution is 5.75. The van der Waals surface area contributed by atoms with E-state index in [-0.39, 0.29) is 18.1 Å². The smallest absolute Gasteiger partial charge is 0.322 e. The van der Waals surface area contributed by atoms with Gasteiger partial charge in [-0.2, -0.15) is 0 Å². The van der Waals surface area contributed by atoms with E-state index in [1.54, 1.807) is 0 Å². The first-order valence-corrected chi connectivity index (χ1v) is 5.94. The number of aliphatic hydroxyl groups is 1. The molecule has 5 heteroatoms. The van der Waals surface area contributed by atoms with Crippen molar-refractivity contribution in [2.75, 3.05) is 26.7 Å². The standard InChI is InChI=1S/C6H11NO2.C5H11NO/c1-9-6(8)5-3-2-4-7-5;7-5-1-3-6-4-2-5/h5,7H,2-4H2,1H3;5-7H,1-4H2. The number of hydrogen-bond acceptors (Lipinski definition) is 5. The first-order chi connectivity index (χ1) is 7.74. The molecule has 94 valence electrons. The quantitative estimate of drug-likeness (QED) is 0.537. The van der Waals surface area contributed by atoms with E-state index in [0.29, 0.717) is 0 Å². The Bertz CT molecular complexity index is 199. The lowest BCUT2D eigenvalue weighted by atomic mass is 10.1. The second-order valence-electron chi connectivity index (χ2n) is 4.15. The number of hydrogen-bond donors (Lipinski definition) is 3. The maximum absolute atomic E-state index is 10.7. The number of nitrogens with one attached hydrogen (secondary N) is 2. The molecule has 2 heterocycles. The van der Waals surface area contributed by atoms with Crippen LogP contribution in [0.3, 0.4) is 0 Å². The summed E-state index contributed by atoms with van der Waals surface area (Å²) in [5.41, 5.74) is 0. The van der Waals surface area contributed by atoms with Crippen LogP contribution in [0.5, 0.6) is 0 Å². The normalized spacial score (nSPS) is 25.8. The first kappa shape index (κ1) is 13.4. The molecule has 0 aromatic carbocycles. The molecule has 3 N–H and O–H groups in total. The fourth-order valence-electron chi connectivity index (χ4n) is 1.83. The molecule has 2 fully saturated rings. The zero-order valence-corrected chi connectivity index (χ0v) is 9.87.